The average Bonchev–Trinajstić information content (AvgIpc) is 2.58. The van der Waals surface area contributed by atoms with E-state index in [0.717, 1.165) is 5.52 Å². The molecule has 0 saturated carbocycles. The van der Waals surface area contributed by atoms with E-state index in [2.05, 4.69) is 5.32 Å². The van der Waals surface area contributed by atoms with Crippen molar-refractivity contribution in [1.29, 1.82) is 0 Å². The van der Waals surface area contributed by atoms with Gasteiger partial charge in [-0.05, 0) is 17.5 Å². The Kier molecular flexibility index (Phi) is 2.00. The van der Waals surface area contributed by atoms with Crippen molar-refractivity contribution in [3.8, 4) is 0 Å². The van der Waals surface area contributed by atoms with Crippen molar-refractivity contribution in [2.75, 3.05) is 0 Å². The van der Waals surface area contributed by atoms with Crippen molar-refractivity contribution in [2.24, 2.45) is 0 Å². The maximum Gasteiger partial charge on any atom is 0.208 e. The first-order chi connectivity index (χ1) is 6.42. The highest BCUT2D eigenvalue weighted by molar-refractivity contribution is 5.79. The van der Waals surface area contributed by atoms with Crippen molar-refractivity contribution in [3.63, 3.8) is 0 Å². The number of fused-ring (bicyclic) bond motifs is 1. The number of nitrogens with one attached hydrogen (secondary N) is 1. The summed E-state index contributed by atoms with van der Waals surface area (Å²) in [4.78, 5) is 10.1. The molecule has 2 aromatic rings. The summed E-state index contributed by atoms with van der Waals surface area (Å²) in [5, 5.41) is 3.82. The van der Waals surface area contributed by atoms with Gasteiger partial charge in [0.15, 0.2) is 0 Å². The van der Waals surface area contributed by atoms with E-state index in [4.69, 9.17) is 0 Å². The number of hydrogen-bond acceptors (Lipinski definition) is 1. The number of rotatable bonds is 3. The Morgan fingerprint density at radius 1 is 1.31 bits per heavy atom. The van der Waals surface area contributed by atoms with Gasteiger partial charge in [0, 0.05) is 11.7 Å². The van der Waals surface area contributed by atoms with Crippen LogP contribution in [-0.4, -0.2) is 11.0 Å². The Labute approximate surface area is 76.0 Å². The summed E-state index contributed by atoms with van der Waals surface area (Å²) in [6.45, 7) is 0.525. The molecule has 0 bridgehead atoms. The van der Waals surface area contributed by atoms with Crippen molar-refractivity contribution in [1.82, 2.24) is 9.88 Å². The van der Waals surface area contributed by atoms with Crippen LogP contribution in [0.25, 0.3) is 10.9 Å². The SMILES string of the molecule is O=CNCn1ccc2ccccc21. The van der Waals surface area contributed by atoms with Gasteiger partial charge in [-0.25, -0.2) is 0 Å². The quantitative estimate of drug-likeness (QED) is 0.700. The van der Waals surface area contributed by atoms with E-state index < -0.39 is 0 Å². The number of hydrogen-bond donors (Lipinski definition) is 1. The molecule has 13 heavy (non-hydrogen) atoms. The van der Waals surface area contributed by atoms with Gasteiger partial charge in [0.05, 0.1) is 6.67 Å². The lowest BCUT2D eigenvalue weighted by Crippen LogP contribution is -2.15. The van der Waals surface area contributed by atoms with E-state index in [-0.39, 0.29) is 0 Å². The van der Waals surface area contributed by atoms with Crippen LogP contribution < -0.4 is 5.32 Å². The lowest BCUT2D eigenvalue weighted by Gasteiger charge is -2.02. The maximum absolute atomic E-state index is 10.1. The van der Waals surface area contributed by atoms with Gasteiger partial charge in [-0.15, -0.1) is 0 Å². The predicted molar refractivity (Wildman–Crippen MR) is 51.1 cm³/mol. The molecule has 0 saturated heterocycles. The Bertz CT molecular complexity index is 420. The highest BCUT2D eigenvalue weighted by Crippen LogP contribution is 2.13. The van der Waals surface area contributed by atoms with Crippen LogP contribution in [0, 0.1) is 0 Å². The van der Waals surface area contributed by atoms with Gasteiger partial charge < -0.3 is 9.88 Å². The van der Waals surface area contributed by atoms with Gasteiger partial charge in [0.2, 0.25) is 6.41 Å². The van der Waals surface area contributed by atoms with Crippen LogP contribution in [0.5, 0.6) is 0 Å². The molecule has 0 radical (unpaired) electrons. The number of aromatic nitrogens is 1. The molecule has 1 heterocycles. The Morgan fingerprint density at radius 2 is 2.15 bits per heavy atom. The minimum atomic E-state index is 0.525. The van der Waals surface area contributed by atoms with Crippen molar-refractivity contribution >= 4 is 17.3 Å². The molecule has 1 aromatic carbocycles. The molecule has 0 aliphatic rings. The summed E-state index contributed by atoms with van der Waals surface area (Å²) in [7, 11) is 0. The average molecular weight is 174 g/mol. The van der Waals surface area contributed by atoms with E-state index in [9.17, 15) is 4.79 Å². The molecule has 66 valence electrons. The zero-order chi connectivity index (χ0) is 9.10. The fourth-order valence-electron chi connectivity index (χ4n) is 1.41. The van der Waals surface area contributed by atoms with Gasteiger partial charge in [-0.1, -0.05) is 18.2 Å². The Morgan fingerprint density at radius 3 is 3.00 bits per heavy atom. The first-order valence-corrected chi connectivity index (χ1v) is 4.13. The first kappa shape index (κ1) is 7.86. The molecule has 0 atom stereocenters. The third-order valence-electron chi connectivity index (χ3n) is 2.03. The van der Waals surface area contributed by atoms with E-state index in [1.807, 2.05) is 41.1 Å². The standard InChI is InChI=1S/C10H10N2O/c13-8-11-7-12-6-5-9-3-1-2-4-10(9)12/h1-6,8H,7H2,(H,11,13). The minimum absolute atomic E-state index is 0.525. The van der Waals surface area contributed by atoms with Crippen LogP contribution in [0.2, 0.25) is 0 Å². The molecule has 0 unspecified atom stereocenters. The molecule has 1 N–H and O–H groups in total. The van der Waals surface area contributed by atoms with Crippen LogP contribution in [0.1, 0.15) is 0 Å². The molecule has 2 rings (SSSR count). The zero-order valence-electron chi connectivity index (χ0n) is 7.10. The van der Waals surface area contributed by atoms with Crippen molar-refractivity contribution in [3.05, 3.63) is 36.5 Å². The van der Waals surface area contributed by atoms with Gasteiger partial charge >= 0.3 is 0 Å². The van der Waals surface area contributed by atoms with Crippen molar-refractivity contribution in [2.45, 2.75) is 6.67 Å². The monoisotopic (exact) mass is 174 g/mol. The molecule has 3 nitrogen and oxygen atoms in total. The van der Waals surface area contributed by atoms with Gasteiger partial charge in [-0.2, -0.15) is 0 Å². The maximum atomic E-state index is 10.1. The minimum Gasteiger partial charge on any atom is -0.341 e. The van der Waals surface area contributed by atoms with Crippen LogP contribution in [0.15, 0.2) is 36.5 Å². The lowest BCUT2D eigenvalue weighted by molar-refractivity contribution is -0.109. The molecule has 0 spiro atoms. The van der Waals surface area contributed by atoms with Gasteiger partial charge in [-0.3, -0.25) is 4.79 Å². The fraction of sp³-hybridized carbons (Fsp3) is 0.100. The largest absolute Gasteiger partial charge is 0.341 e. The molecule has 0 fully saturated rings. The van der Waals surface area contributed by atoms with Crippen LogP contribution in [-0.2, 0) is 11.5 Å². The number of benzene rings is 1. The van der Waals surface area contributed by atoms with Crippen LogP contribution in [0.3, 0.4) is 0 Å². The Hall–Kier alpha value is -1.77. The van der Waals surface area contributed by atoms with Gasteiger partial charge in [0.25, 0.3) is 0 Å². The fourth-order valence-corrected chi connectivity index (χ4v) is 1.41. The van der Waals surface area contributed by atoms with E-state index >= 15 is 0 Å². The molecule has 3 heteroatoms. The Balaban J connectivity index is 2.40. The van der Waals surface area contributed by atoms with Crippen LogP contribution >= 0.6 is 0 Å². The third kappa shape index (κ3) is 1.40. The number of nitrogens with zero attached hydrogens (tertiary/aromatic N) is 1. The molecular weight excluding hydrogens is 164 g/mol. The summed E-state index contributed by atoms with van der Waals surface area (Å²) in [6, 6.07) is 10.1. The summed E-state index contributed by atoms with van der Waals surface area (Å²) in [5.74, 6) is 0. The summed E-state index contributed by atoms with van der Waals surface area (Å²) in [5.41, 5.74) is 1.14. The zero-order valence-corrected chi connectivity index (χ0v) is 7.10. The second-order valence-electron chi connectivity index (χ2n) is 2.82. The second kappa shape index (κ2) is 3.31. The first-order valence-electron chi connectivity index (χ1n) is 4.13. The molecule has 1 amide bonds. The number of para-hydroxylation sites is 1. The second-order valence-corrected chi connectivity index (χ2v) is 2.82. The smallest absolute Gasteiger partial charge is 0.208 e. The number of carbonyl (C=O) groups is 1. The van der Waals surface area contributed by atoms with E-state index in [0.29, 0.717) is 13.1 Å². The summed E-state index contributed by atoms with van der Waals surface area (Å²) in [6.07, 6.45) is 2.66. The number of carbonyl (C=O) groups excluding carboxylic acids is 1. The topological polar surface area (TPSA) is 34.0 Å². The molecular formula is C10H10N2O. The highest BCUT2D eigenvalue weighted by Gasteiger charge is 1.97. The number of amides is 1. The highest BCUT2D eigenvalue weighted by atomic mass is 16.1. The normalized spacial score (nSPS) is 10.2. The third-order valence-corrected chi connectivity index (χ3v) is 2.03. The van der Waals surface area contributed by atoms with E-state index in [1.54, 1.807) is 0 Å². The van der Waals surface area contributed by atoms with Gasteiger partial charge in [0.1, 0.15) is 0 Å². The summed E-state index contributed by atoms with van der Waals surface area (Å²) >= 11 is 0. The van der Waals surface area contributed by atoms with Crippen molar-refractivity contribution < 1.29 is 4.79 Å². The van der Waals surface area contributed by atoms with E-state index in [1.165, 1.54) is 5.39 Å². The molecule has 1 aromatic heterocycles. The predicted octanol–water partition coefficient (Wildman–Crippen LogP) is 1.34. The molecule has 0 aliphatic heterocycles. The molecule has 0 aliphatic carbocycles. The summed E-state index contributed by atoms with van der Waals surface area (Å²) < 4.78 is 1.99. The van der Waals surface area contributed by atoms with Crippen LogP contribution in [0.4, 0.5) is 0 Å². The lowest BCUT2D eigenvalue weighted by atomic mass is 10.2.